The molecule has 2 aromatic heterocycles. The van der Waals surface area contributed by atoms with Crippen LogP contribution in [0.1, 0.15) is 48.8 Å². The minimum absolute atomic E-state index is 0.0463. The quantitative estimate of drug-likeness (QED) is 0.286. The Kier molecular flexibility index (Phi) is 8.68. The Morgan fingerprint density at radius 2 is 1.69 bits per heavy atom. The van der Waals surface area contributed by atoms with E-state index in [0.717, 1.165) is 53.9 Å². The molecular formula is C33H33N5O5S2. The van der Waals surface area contributed by atoms with E-state index in [9.17, 15) is 22.8 Å². The van der Waals surface area contributed by atoms with Crippen molar-refractivity contribution in [3.05, 3.63) is 94.5 Å². The fourth-order valence-electron chi connectivity index (χ4n) is 5.66. The molecule has 3 amide bonds. The molecule has 0 aliphatic carbocycles. The number of sulfone groups is 1. The maximum absolute atomic E-state index is 13.8. The monoisotopic (exact) mass is 643 g/mol. The van der Waals surface area contributed by atoms with Gasteiger partial charge in [0.15, 0.2) is 0 Å². The second-order valence-electron chi connectivity index (χ2n) is 11.2. The van der Waals surface area contributed by atoms with E-state index in [0.29, 0.717) is 40.5 Å². The third-order valence-electron chi connectivity index (χ3n) is 7.91. The van der Waals surface area contributed by atoms with Crippen LogP contribution in [0.5, 0.6) is 0 Å². The van der Waals surface area contributed by atoms with Gasteiger partial charge in [-0.2, -0.15) is 0 Å². The predicted octanol–water partition coefficient (Wildman–Crippen LogP) is 4.64. The third kappa shape index (κ3) is 6.76. The van der Waals surface area contributed by atoms with Gasteiger partial charge in [0.2, 0.25) is 0 Å². The number of aromatic nitrogens is 1. The number of para-hydroxylation sites is 1. The molecule has 232 valence electrons. The van der Waals surface area contributed by atoms with Crippen molar-refractivity contribution in [3.63, 3.8) is 0 Å². The molecule has 10 nitrogen and oxygen atoms in total. The molecule has 4 aromatic rings. The molecule has 0 spiro atoms. The highest BCUT2D eigenvalue weighted by molar-refractivity contribution is 7.90. The Balaban J connectivity index is 1.17. The molecular weight excluding hydrogens is 611 g/mol. The van der Waals surface area contributed by atoms with Crippen molar-refractivity contribution >= 4 is 56.1 Å². The average molecular weight is 644 g/mol. The van der Waals surface area contributed by atoms with Gasteiger partial charge in [-0.1, -0.05) is 18.2 Å². The predicted molar refractivity (Wildman–Crippen MR) is 177 cm³/mol. The molecule has 0 bridgehead atoms. The molecule has 6 rings (SSSR count). The number of pyridine rings is 1. The molecule has 45 heavy (non-hydrogen) atoms. The number of nitrogens with one attached hydrogen (secondary N) is 2. The van der Waals surface area contributed by atoms with Gasteiger partial charge in [-0.15, -0.1) is 11.3 Å². The first-order valence-corrected chi connectivity index (χ1v) is 17.7. The van der Waals surface area contributed by atoms with Gasteiger partial charge in [0.25, 0.3) is 17.7 Å². The summed E-state index contributed by atoms with van der Waals surface area (Å²) in [5.74, 6) is -0.170. The van der Waals surface area contributed by atoms with E-state index in [1.54, 1.807) is 47.5 Å². The molecule has 2 aliphatic heterocycles. The van der Waals surface area contributed by atoms with Crippen LogP contribution >= 0.6 is 11.3 Å². The van der Waals surface area contributed by atoms with Gasteiger partial charge < -0.3 is 20.4 Å². The first-order chi connectivity index (χ1) is 21.7. The maximum atomic E-state index is 13.8. The van der Waals surface area contributed by atoms with Crippen molar-refractivity contribution in [1.82, 2.24) is 10.3 Å². The zero-order chi connectivity index (χ0) is 31.6. The van der Waals surface area contributed by atoms with Gasteiger partial charge in [-0.3, -0.25) is 14.4 Å². The van der Waals surface area contributed by atoms with Crippen molar-refractivity contribution in [1.29, 1.82) is 0 Å². The highest BCUT2D eigenvalue weighted by Gasteiger charge is 2.28. The van der Waals surface area contributed by atoms with Crippen molar-refractivity contribution in [2.24, 2.45) is 0 Å². The summed E-state index contributed by atoms with van der Waals surface area (Å²) < 4.78 is 22.9. The Labute approximate surface area is 266 Å². The van der Waals surface area contributed by atoms with Gasteiger partial charge in [-0.05, 0) is 73.4 Å². The summed E-state index contributed by atoms with van der Waals surface area (Å²) >= 11 is 1.33. The second kappa shape index (κ2) is 12.8. The smallest absolute Gasteiger partial charge is 0.261 e. The summed E-state index contributed by atoms with van der Waals surface area (Å²) in [6, 6.07) is 19.9. The number of anilines is 3. The van der Waals surface area contributed by atoms with Gasteiger partial charge in [0.1, 0.15) is 15.7 Å². The van der Waals surface area contributed by atoms with E-state index < -0.39 is 9.84 Å². The number of amides is 3. The lowest BCUT2D eigenvalue weighted by atomic mass is 10.1. The molecule has 0 unspecified atom stereocenters. The van der Waals surface area contributed by atoms with E-state index in [1.165, 1.54) is 11.3 Å². The van der Waals surface area contributed by atoms with Crippen LogP contribution in [0, 0.1) is 0 Å². The summed E-state index contributed by atoms with van der Waals surface area (Å²) in [4.78, 5) is 49.5. The number of benzene rings is 2. The minimum atomic E-state index is -3.18. The number of carbonyl (C=O) groups is 3. The van der Waals surface area contributed by atoms with E-state index in [4.69, 9.17) is 0 Å². The zero-order valence-corrected chi connectivity index (χ0v) is 26.4. The zero-order valence-electron chi connectivity index (χ0n) is 24.8. The van der Waals surface area contributed by atoms with Crippen LogP contribution in [0.4, 0.5) is 17.2 Å². The van der Waals surface area contributed by atoms with Crippen LogP contribution in [-0.4, -0.2) is 69.3 Å². The summed E-state index contributed by atoms with van der Waals surface area (Å²) in [7, 11) is -3.18. The number of carbonyl (C=O) groups excluding carboxylic acids is 3. The Hall–Kier alpha value is -4.55. The average Bonchev–Trinajstić information content (AvgIpc) is 3.69. The lowest BCUT2D eigenvalue weighted by Gasteiger charge is -2.23. The molecule has 2 N–H and O–H groups in total. The molecule has 2 aromatic carbocycles. The number of hydrogen-bond donors (Lipinski definition) is 2. The molecule has 0 atom stereocenters. The summed E-state index contributed by atoms with van der Waals surface area (Å²) in [6.07, 6.45) is 5.54. The maximum Gasteiger partial charge on any atom is 0.261 e. The number of hydrogen-bond acceptors (Lipinski definition) is 8. The number of nitrogens with zero attached hydrogens (tertiary/aromatic N) is 3. The molecule has 0 saturated carbocycles. The van der Waals surface area contributed by atoms with Crippen LogP contribution in [-0.2, 0) is 16.3 Å². The van der Waals surface area contributed by atoms with Gasteiger partial charge in [0.05, 0.1) is 21.9 Å². The Morgan fingerprint density at radius 1 is 0.933 bits per heavy atom. The molecule has 2 aliphatic rings. The first kappa shape index (κ1) is 30.5. The standard InChI is InChI=1S/C33H33N5O5S2/c1-45(42,43)20-16-35-32(40)28-21-23-14-19-38(27-9-3-2-7-25(27)29(23)44-28)33(41)22-10-12-24(13-11-22)36-31(39)26-8-6-15-34-30(26)37-17-4-5-18-37/h2-3,6-13,15,21H,4-5,14,16-20H2,1H3,(H,35,40)(H,36,39). The Morgan fingerprint density at radius 3 is 2.44 bits per heavy atom. The highest BCUT2D eigenvalue weighted by Crippen LogP contribution is 2.41. The van der Waals surface area contributed by atoms with Crippen molar-refractivity contribution < 1.29 is 22.8 Å². The molecule has 1 saturated heterocycles. The normalized spacial score (nSPS) is 14.3. The van der Waals surface area contributed by atoms with Gasteiger partial charge in [0, 0.05) is 60.3 Å². The van der Waals surface area contributed by atoms with Crippen molar-refractivity contribution in [2.75, 3.05) is 53.3 Å². The van der Waals surface area contributed by atoms with Crippen molar-refractivity contribution in [2.45, 2.75) is 19.3 Å². The van der Waals surface area contributed by atoms with Crippen LogP contribution in [0.3, 0.4) is 0 Å². The number of thiophene rings is 1. The summed E-state index contributed by atoms with van der Waals surface area (Å²) in [5.41, 5.74) is 4.13. The van der Waals surface area contributed by atoms with Gasteiger partial charge >= 0.3 is 0 Å². The topological polar surface area (TPSA) is 129 Å². The third-order valence-corrected chi connectivity index (χ3v) is 10.1. The number of fused-ring (bicyclic) bond motifs is 3. The van der Waals surface area contributed by atoms with Crippen LogP contribution in [0.25, 0.3) is 10.4 Å². The van der Waals surface area contributed by atoms with E-state index >= 15 is 0 Å². The molecule has 0 radical (unpaired) electrons. The van der Waals surface area contributed by atoms with E-state index in [-0.39, 0.29) is 30.0 Å². The molecule has 12 heteroatoms. The largest absolute Gasteiger partial charge is 0.356 e. The van der Waals surface area contributed by atoms with Crippen LogP contribution in [0.2, 0.25) is 0 Å². The Bertz CT molecular complexity index is 1860. The minimum Gasteiger partial charge on any atom is -0.356 e. The van der Waals surface area contributed by atoms with Gasteiger partial charge in [-0.25, -0.2) is 13.4 Å². The lowest BCUT2D eigenvalue weighted by Crippen LogP contribution is -2.32. The van der Waals surface area contributed by atoms with E-state index in [2.05, 4.69) is 20.5 Å². The van der Waals surface area contributed by atoms with Crippen molar-refractivity contribution in [3.8, 4) is 10.4 Å². The highest BCUT2D eigenvalue weighted by atomic mass is 32.2. The fourth-order valence-corrected chi connectivity index (χ4v) is 7.30. The first-order valence-electron chi connectivity index (χ1n) is 14.8. The van der Waals surface area contributed by atoms with Crippen LogP contribution in [0.15, 0.2) is 72.9 Å². The second-order valence-corrected chi connectivity index (χ2v) is 14.5. The summed E-state index contributed by atoms with van der Waals surface area (Å²) in [6.45, 7) is 2.22. The summed E-state index contributed by atoms with van der Waals surface area (Å²) in [5, 5.41) is 5.63. The van der Waals surface area contributed by atoms with E-state index in [1.807, 2.05) is 30.3 Å². The van der Waals surface area contributed by atoms with Crippen LogP contribution < -0.4 is 20.4 Å². The fraction of sp³-hybridized carbons (Fsp3) is 0.273. The molecule has 4 heterocycles. The lowest BCUT2D eigenvalue weighted by molar-refractivity contribution is 0.0957. The SMILES string of the molecule is CS(=O)(=O)CCNC(=O)c1cc2c(s1)-c1ccccc1N(C(=O)c1ccc(NC(=O)c3cccnc3N3CCCC3)cc1)CC2. The number of rotatable bonds is 8. The molecule has 1 fully saturated rings.